The lowest BCUT2D eigenvalue weighted by Crippen LogP contribution is -2.40. The van der Waals surface area contributed by atoms with Crippen molar-refractivity contribution >= 4 is 22.7 Å². The molecular formula is C16H20N2O4. The zero-order valence-corrected chi connectivity index (χ0v) is 12.6. The summed E-state index contributed by atoms with van der Waals surface area (Å²) in [5.41, 5.74) is 0.636. The maximum Gasteiger partial charge on any atom is 0.336 e. The topological polar surface area (TPSA) is 91.6 Å². The first-order chi connectivity index (χ1) is 10.5. The average Bonchev–Trinajstić information content (AvgIpc) is 2.46. The van der Waals surface area contributed by atoms with Crippen LogP contribution in [0.5, 0.6) is 0 Å². The highest BCUT2D eigenvalue weighted by atomic mass is 16.4. The van der Waals surface area contributed by atoms with Gasteiger partial charge < -0.3 is 20.2 Å². The molecule has 6 heteroatoms. The lowest BCUT2D eigenvalue weighted by atomic mass is 10.0. The molecule has 0 aliphatic carbocycles. The van der Waals surface area contributed by atoms with Gasteiger partial charge in [0, 0.05) is 17.1 Å². The number of anilines is 1. The van der Waals surface area contributed by atoms with Crippen LogP contribution in [0.1, 0.15) is 20.3 Å². The number of carbonyl (C=O) groups excluding carboxylic acids is 1. The summed E-state index contributed by atoms with van der Waals surface area (Å²) in [6, 6.07) is 7.31. The van der Waals surface area contributed by atoms with E-state index in [9.17, 15) is 14.7 Å². The van der Waals surface area contributed by atoms with Crippen molar-refractivity contribution in [1.29, 1.82) is 0 Å². The fourth-order valence-corrected chi connectivity index (χ4v) is 2.25. The number of fused-ring (bicyclic) bond motifs is 1. The minimum atomic E-state index is -0.412. The molecule has 1 heterocycles. The summed E-state index contributed by atoms with van der Waals surface area (Å²) >= 11 is 0. The van der Waals surface area contributed by atoms with Crippen LogP contribution in [0.25, 0.3) is 11.0 Å². The van der Waals surface area contributed by atoms with Crippen LogP contribution in [-0.2, 0) is 0 Å². The number of amides is 2. The van der Waals surface area contributed by atoms with E-state index in [4.69, 9.17) is 4.42 Å². The van der Waals surface area contributed by atoms with Crippen LogP contribution in [0.4, 0.5) is 10.5 Å². The number of rotatable bonds is 5. The average molecular weight is 304 g/mol. The Morgan fingerprint density at radius 2 is 2.05 bits per heavy atom. The van der Waals surface area contributed by atoms with Gasteiger partial charge in [-0.1, -0.05) is 13.8 Å². The molecule has 0 spiro atoms. The Hall–Kier alpha value is -2.34. The molecule has 2 aromatic rings. The van der Waals surface area contributed by atoms with Crippen LogP contribution >= 0.6 is 0 Å². The SMILES string of the molecule is CC(C)CC(CO)NC(=O)Nc1ccc2oc(=O)ccc2c1. The van der Waals surface area contributed by atoms with Crippen molar-refractivity contribution in [3.05, 3.63) is 40.8 Å². The van der Waals surface area contributed by atoms with E-state index in [2.05, 4.69) is 10.6 Å². The number of urea groups is 1. The van der Waals surface area contributed by atoms with Gasteiger partial charge in [0.25, 0.3) is 0 Å². The van der Waals surface area contributed by atoms with Crippen molar-refractivity contribution in [3.8, 4) is 0 Å². The van der Waals surface area contributed by atoms with Gasteiger partial charge in [-0.25, -0.2) is 9.59 Å². The Morgan fingerprint density at radius 3 is 2.73 bits per heavy atom. The fraction of sp³-hybridized carbons (Fsp3) is 0.375. The van der Waals surface area contributed by atoms with E-state index in [0.717, 1.165) is 5.39 Å². The predicted octanol–water partition coefficient (Wildman–Crippen LogP) is 2.32. The highest BCUT2D eigenvalue weighted by Crippen LogP contribution is 2.17. The second-order valence-electron chi connectivity index (χ2n) is 5.61. The molecule has 1 unspecified atom stereocenters. The lowest BCUT2D eigenvalue weighted by molar-refractivity contribution is 0.214. The standard InChI is InChI=1S/C16H20N2O4/c1-10(2)7-13(9-19)18-16(21)17-12-4-5-14-11(8-12)3-6-15(20)22-14/h3-6,8,10,13,19H,7,9H2,1-2H3,(H2,17,18,21). The summed E-state index contributed by atoms with van der Waals surface area (Å²) in [7, 11) is 0. The molecule has 0 fully saturated rings. The Morgan fingerprint density at radius 1 is 1.27 bits per heavy atom. The molecule has 6 nitrogen and oxygen atoms in total. The summed E-state index contributed by atoms with van der Waals surface area (Å²) < 4.78 is 5.03. The van der Waals surface area contributed by atoms with E-state index in [0.29, 0.717) is 23.6 Å². The van der Waals surface area contributed by atoms with Crippen LogP contribution in [0.15, 0.2) is 39.5 Å². The van der Waals surface area contributed by atoms with Crippen LogP contribution in [0, 0.1) is 5.92 Å². The monoisotopic (exact) mass is 304 g/mol. The number of hydrogen-bond acceptors (Lipinski definition) is 4. The molecule has 0 bridgehead atoms. The predicted molar refractivity (Wildman–Crippen MR) is 85.0 cm³/mol. The number of nitrogens with one attached hydrogen (secondary N) is 2. The molecule has 0 saturated carbocycles. The van der Waals surface area contributed by atoms with Gasteiger partial charge >= 0.3 is 11.7 Å². The number of benzene rings is 1. The van der Waals surface area contributed by atoms with Gasteiger partial charge in [0.05, 0.1) is 12.6 Å². The molecule has 1 atom stereocenters. The first kappa shape index (κ1) is 16.0. The molecule has 22 heavy (non-hydrogen) atoms. The van der Waals surface area contributed by atoms with Gasteiger partial charge in [0.2, 0.25) is 0 Å². The molecule has 0 radical (unpaired) electrons. The highest BCUT2D eigenvalue weighted by molar-refractivity contribution is 5.92. The zero-order chi connectivity index (χ0) is 16.1. The highest BCUT2D eigenvalue weighted by Gasteiger charge is 2.13. The minimum Gasteiger partial charge on any atom is -0.423 e. The van der Waals surface area contributed by atoms with E-state index >= 15 is 0 Å². The largest absolute Gasteiger partial charge is 0.423 e. The van der Waals surface area contributed by atoms with E-state index in [-0.39, 0.29) is 18.7 Å². The molecule has 0 aliphatic rings. The number of aliphatic hydroxyl groups excluding tert-OH is 1. The van der Waals surface area contributed by atoms with Gasteiger partial charge in [-0.05, 0) is 36.6 Å². The lowest BCUT2D eigenvalue weighted by Gasteiger charge is -2.18. The van der Waals surface area contributed by atoms with Crippen molar-refractivity contribution in [3.63, 3.8) is 0 Å². The van der Waals surface area contributed by atoms with E-state index in [1.165, 1.54) is 6.07 Å². The van der Waals surface area contributed by atoms with E-state index < -0.39 is 5.63 Å². The zero-order valence-electron chi connectivity index (χ0n) is 12.6. The van der Waals surface area contributed by atoms with Gasteiger partial charge in [0.15, 0.2) is 0 Å². The molecular weight excluding hydrogens is 284 g/mol. The van der Waals surface area contributed by atoms with E-state index in [1.807, 2.05) is 13.8 Å². The molecule has 1 aromatic heterocycles. The summed E-state index contributed by atoms with van der Waals surface area (Å²) in [6.45, 7) is 3.95. The van der Waals surface area contributed by atoms with Crippen molar-refractivity contribution < 1.29 is 14.3 Å². The minimum absolute atomic E-state index is 0.103. The second-order valence-corrected chi connectivity index (χ2v) is 5.61. The summed E-state index contributed by atoms with van der Waals surface area (Å²) in [4.78, 5) is 23.1. The summed E-state index contributed by atoms with van der Waals surface area (Å²) in [6.07, 6.45) is 0.701. The third-order valence-electron chi connectivity index (χ3n) is 3.19. The number of hydrogen-bond donors (Lipinski definition) is 3. The molecule has 1 aromatic carbocycles. The van der Waals surface area contributed by atoms with Crippen LogP contribution in [0.2, 0.25) is 0 Å². The summed E-state index contributed by atoms with van der Waals surface area (Å²) in [5, 5.41) is 15.4. The molecule has 118 valence electrons. The van der Waals surface area contributed by atoms with Crippen LogP contribution in [-0.4, -0.2) is 23.8 Å². The third kappa shape index (κ3) is 4.33. The molecule has 0 saturated heterocycles. The molecule has 2 rings (SSSR count). The normalized spacial score (nSPS) is 12.4. The molecule has 0 aliphatic heterocycles. The summed E-state index contributed by atoms with van der Waals surface area (Å²) in [5.74, 6) is 0.376. The van der Waals surface area contributed by atoms with Crippen LogP contribution < -0.4 is 16.3 Å². The molecule has 3 N–H and O–H groups in total. The van der Waals surface area contributed by atoms with Crippen molar-refractivity contribution in [1.82, 2.24) is 5.32 Å². The maximum atomic E-state index is 11.9. The fourth-order valence-electron chi connectivity index (χ4n) is 2.25. The number of aliphatic hydroxyl groups is 1. The van der Waals surface area contributed by atoms with Crippen molar-refractivity contribution in [2.24, 2.45) is 5.92 Å². The number of carbonyl (C=O) groups is 1. The molecule has 2 amide bonds. The first-order valence-corrected chi connectivity index (χ1v) is 7.20. The Bertz CT molecular complexity index is 709. The van der Waals surface area contributed by atoms with E-state index in [1.54, 1.807) is 24.3 Å². The Balaban J connectivity index is 2.05. The Kier molecular flexibility index (Phi) is 5.16. The van der Waals surface area contributed by atoms with Gasteiger partial charge in [-0.3, -0.25) is 0 Å². The quantitative estimate of drug-likeness (QED) is 0.739. The van der Waals surface area contributed by atoms with Crippen molar-refractivity contribution in [2.75, 3.05) is 11.9 Å². The van der Waals surface area contributed by atoms with Gasteiger partial charge in [0.1, 0.15) is 5.58 Å². The maximum absolute atomic E-state index is 11.9. The smallest absolute Gasteiger partial charge is 0.336 e. The van der Waals surface area contributed by atoms with Gasteiger partial charge in [-0.2, -0.15) is 0 Å². The van der Waals surface area contributed by atoms with Gasteiger partial charge in [-0.15, -0.1) is 0 Å². The first-order valence-electron chi connectivity index (χ1n) is 7.20. The van der Waals surface area contributed by atoms with Crippen molar-refractivity contribution in [2.45, 2.75) is 26.3 Å². The van der Waals surface area contributed by atoms with Crippen LogP contribution in [0.3, 0.4) is 0 Å². The third-order valence-corrected chi connectivity index (χ3v) is 3.19. The second kappa shape index (κ2) is 7.09. The Labute approximate surface area is 128 Å².